The number of ketones is 1. The van der Waals surface area contributed by atoms with E-state index in [-0.39, 0.29) is 35.2 Å². The van der Waals surface area contributed by atoms with Crippen LogP contribution in [0.3, 0.4) is 0 Å². The molecule has 0 aliphatic rings. The predicted octanol–water partition coefficient (Wildman–Crippen LogP) is 2.71. The maximum atomic E-state index is 11.9. The van der Waals surface area contributed by atoms with Gasteiger partial charge in [-0.1, -0.05) is 6.07 Å². The van der Waals surface area contributed by atoms with E-state index in [1.165, 1.54) is 30.3 Å². The second-order valence-corrected chi connectivity index (χ2v) is 4.80. The Bertz CT molecular complexity index is 664. The molecule has 0 spiro atoms. The van der Waals surface area contributed by atoms with Crippen LogP contribution in [-0.2, 0) is 6.42 Å². The quantitative estimate of drug-likeness (QED) is 0.501. The highest BCUT2D eigenvalue weighted by Crippen LogP contribution is 2.27. The summed E-state index contributed by atoms with van der Waals surface area (Å²) in [6, 6.07) is 8.54. The summed E-state index contributed by atoms with van der Waals surface area (Å²) < 4.78 is 0. The Morgan fingerprint density at radius 1 is 0.810 bits per heavy atom. The number of Topliss-reactive ketones (excluding diaryl/α,β-unsaturated/α-hetero) is 1. The van der Waals surface area contributed by atoms with Crippen LogP contribution in [0.25, 0.3) is 0 Å². The molecule has 110 valence electrons. The van der Waals surface area contributed by atoms with E-state index in [1.54, 1.807) is 6.07 Å². The molecule has 2 rings (SSSR count). The molecule has 0 saturated heterocycles. The summed E-state index contributed by atoms with van der Waals surface area (Å²) >= 11 is 0. The topological polar surface area (TPSA) is 98.0 Å². The summed E-state index contributed by atoms with van der Waals surface area (Å²) in [6.07, 6.45) is 1.44. The van der Waals surface area contributed by atoms with Crippen molar-refractivity contribution >= 4 is 5.78 Å². The minimum atomic E-state index is -0.315. The van der Waals surface area contributed by atoms with Gasteiger partial charge in [0.05, 0.1) is 0 Å². The van der Waals surface area contributed by atoms with Crippen LogP contribution in [0.15, 0.2) is 36.4 Å². The molecule has 21 heavy (non-hydrogen) atoms. The number of hydrogen-bond donors (Lipinski definition) is 4. The molecule has 4 N–H and O–H groups in total. The Morgan fingerprint density at radius 2 is 1.43 bits per heavy atom. The highest BCUT2D eigenvalue weighted by atomic mass is 16.3. The molecule has 5 heteroatoms. The van der Waals surface area contributed by atoms with Crippen molar-refractivity contribution in [3.63, 3.8) is 0 Å². The van der Waals surface area contributed by atoms with Crippen molar-refractivity contribution in [2.75, 3.05) is 0 Å². The maximum Gasteiger partial charge on any atom is 0.163 e. The number of benzene rings is 2. The van der Waals surface area contributed by atoms with Crippen LogP contribution in [-0.4, -0.2) is 26.2 Å². The maximum absolute atomic E-state index is 11.9. The van der Waals surface area contributed by atoms with Gasteiger partial charge in [0.2, 0.25) is 0 Å². The van der Waals surface area contributed by atoms with Gasteiger partial charge in [-0.25, -0.2) is 0 Å². The zero-order valence-corrected chi connectivity index (χ0v) is 11.3. The Labute approximate surface area is 121 Å². The van der Waals surface area contributed by atoms with Gasteiger partial charge >= 0.3 is 0 Å². The summed E-state index contributed by atoms with van der Waals surface area (Å²) in [5.41, 5.74) is 1.17. The second-order valence-electron chi connectivity index (χ2n) is 4.80. The number of aromatic hydroxyl groups is 4. The lowest BCUT2D eigenvalue weighted by molar-refractivity contribution is 0.0980. The Balaban J connectivity index is 1.92. The number of hydrogen-bond acceptors (Lipinski definition) is 5. The number of phenols is 4. The Hall–Kier alpha value is -2.69. The first-order valence-corrected chi connectivity index (χ1v) is 6.53. The number of aryl methyl sites for hydroxylation is 1. The van der Waals surface area contributed by atoms with Crippen LogP contribution in [0.2, 0.25) is 0 Å². The van der Waals surface area contributed by atoms with E-state index in [1.807, 2.05) is 0 Å². The molecule has 0 aliphatic carbocycles. The van der Waals surface area contributed by atoms with Gasteiger partial charge in [0, 0.05) is 12.0 Å². The molecule has 0 heterocycles. The van der Waals surface area contributed by atoms with Gasteiger partial charge in [-0.15, -0.1) is 0 Å². The van der Waals surface area contributed by atoms with Gasteiger partial charge in [-0.05, 0) is 48.7 Å². The summed E-state index contributed by atoms with van der Waals surface area (Å²) in [4.78, 5) is 11.9. The molecule has 5 nitrogen and oxygen atoms in total. The number of carbonyl (C=O) groups is 1. The normalized spacial score (nSPS) is 10.5. The lowest BCUT2D eigenvalue weighted by Crippen LogP contribution is -1.99. The molecular weight excluding hydrogens is 272 g/mol. The molecule has 0 saturated carbocycles. The highest BCUT2D eigenvalue weighted by Gasteiger charge is 2.09. The molecule has 0 aromatic heterocycles. The summed E-state index contributed by atoms with van der Waals surface area (Å²) in [5.74, 6) is -1.06. The Morgan fingerprint density at radius 3 is 2.05 bits per heavy atom. The molecule has 0 unspecified atom stereocenters. The van der Waals surface area contributed by atoms with Gasteiger partial charge in [0.25, 0.3) is 0 Å². The van der Waals surface area contributed by atoms with Crippen molar-refractivity contribution in [1.29, 1.82) is 0 Å². The van der Waals surface area contributed by atoms with Crippen molar-refractivity contribution < 1.29 is 25.2 Å². The number of rotatable bonds is 5. The van der Waals surface area contributed by atoms with Gasteiger partial charge in [-0.3, -0.25) is 4.79 Å². The third-order valence-electron chi connectivity index (χ3n) is 3.21. The first-order chi connectivity index (χ1) is 9.97. The highest BCUT2D eigenvalue weighted by molar-refractivity contribution is 5.96. The molecule has 0 bridgehead atoms. The monoisotopic (exact) mass is 288 g/mol. The standard InChI is InChI=1S/C16H16O5/c17-12(11-5-7-14(19)16(21)9-11)3-1-2-10-4-6-13(18)15(20)8-10/h4-9,18-21H,1-3H2. The first kappa shape index (κ1) is 14.7. The smallest absolute Gasteiger partial charge is 0.163 e. The summed E-state index contributed by atoms with van der Waals surface area (Å²) in [7, 11) is 0. The van der Waals surface area contributed by atoms with Crippen LogP contribution < -0.4 is 0 Å². The second kappa shape index (κ2) is 6.17. The summed E-state index contributed by atoms with van der Waals surface area (Å²) in [5, 5.41) is 37.1. The minimum Gasteiger partial charge on any atom is -0.504 e. The lowest BCUT2D eigenvalue weighted by atomic mass is 10.0. The molecule has 0 atom stereocenters. The molecular formula is C16H16O5. The van der Waals surface area contributed by atoms with Crippen molar-refractivity contribution in [3.05, 3.63) is 47.5 Å². The van der Waals surface area contributed by atoms with E-state index in [4.69, 9.17) is 0 Å². The van der Waals surface area contributed by atoms with Crippen molar-refractivity contribution in [3.8, 4) is 23.0 Å². The van der Waals surface area contributed by atoms with Gasteiger partial charge in [-0.2, -0.15) is 0 Å². The van der Waals surface area contributed by atoms with Crippen molar-refractivity contribution in [1.82, 2.24) is 0 Å². The largest absolute Gasteiger partial charge is 0.504 e. The molecule has 0 fully saturated rings. The zero-order chi connectivity index (χ0) is 15.4. The van der Waals surface area contributed by atoms with E-state index < -0.39 is 0 Å². The van der Waals surface area contributed by atoms with Crippen LogP contribution in [0.5, 0.6) is 23.0 Å². The van der Waals surface area contributed by atoms with Crippen LogP contribution in [0.4, 0.5) is 0 Å². The molecule has 2 aromatic carbocycles. The SMILES string of the molecule is O=C(CCCc1ccc(O)c(O)c1)c1ccc(O)c(O)c1. The average Bonchev–Trinajstić information content (AvgIpc) is 2.45. The molecule has 0 aliphatic heterocycles. The molecule has 0 amide bonds. The number of phenolic OH excluding ortho intramolecular Hbond substituents is 4. The van der Waals surface area contributed by atoms with E-state index >= 15 is 0 Å². The van der Waals surface area contributed by atoms with Crippen LogP contribution in [0, 0.1) is 0 Å². The van der Waals surface area contributed by atoms with Crippen LogP contribution >= 0.6 is 0 Å². The van der Waals surface area contributed by atoms with E-state index in [0.29, 0.717) is 18.4 Å². The third kappa shape index (κ3) is 3.66. The Kier molecular flexibility index (Phi) is 4.33. The lowest BCUT2D eigenvalue weighted by Gasteiger charge is -2.05. The van der Waals surface area contributed by atoms with Crippen LogP contribution in [0.1, 0.15) is 28.8 Å². The van der Waals surface area contributed by atoms with Gasteiger partial charge in [0.15, 0.2) is 28.8 Å². The minimum absolute atomic E-state index is 0.131. The van der Waals surface area contributed by atoms with E-state index in [9.17, 15) is 25.2 Å². The van der Waals surface area contributed by atoms with Crippen molar-refractivity contribution in [2.45, 2.75) is 19.3 Å². The third-order valence-corrected chi connectivity index (χ3v) is 3.21. The van der Waals surface area contributed by atoms with Gasteiger partial charge in [0.1, 0.15) is 0 Å². The van der Waals surface area contributed by atoms with E-state index in [2.05, 4.69) is 0 Å². The number of carbonyl (C=O) groups excluding carboxylic acids is 1. The average molecular weight is 288 g/mol. The van der Waals surface area contributed by atoms with E-state index in [0.717, 1.165) is 5.56 Å². The first-order valence-electron chi connectivity index (χ1n) is 6.53. The zero-order valence-electron chi connectivity index (χ0n) is 11.3. The van der Waals surface area contributed by atoms with Gasteiger partial charge < -0.3 is 20.4 Å². The summed E-state index contributed by atoms with van der Waals surface area (Å²) in [6.45, 7) is 0. The van der Waals surface area contributed by atoms with Crippen molar-refractivity contribution in [2.24, 2.45) is 0 Å². The predicted molar refractivity (Wildman–Crippen MR) is 76.8 cm³/mol. The fourth-order valence-electron chi connectivity index (χ4n) is 2.02. The fraction of sp³-hybridized carbons (Fsp3) is 0.188. The molecule has 0 radical (unpaired) electrons. The molecule has 2 aromatic rings. The fourth-order valence-corrected chi connectivity index (χ4v) is 2.02.